The number of ether oxygens (including phenoxy) is 1. The third-order valence-corrected chi connectivity index (χ3v) is 5.64. The van der Waals surface area contributed by atoms with Crippen molar-refractivity contribution in [2.24, 2.45) is 4.99 Å². The smallest absolute Gasteiger partial charge is 0.272 e. The Morgan fingerprint density at radius 2 is 1.84 bits per heavy atom. The van der Waals surface area contributed by atoms with E-state index in [-0.39, 0.29) is 11.8 Å². The summed E-state index contributed by atoms with van der Waals surface area (Å²) in [5.74, 6) is -1.19. The molecule has 8 nitrogen and oxygen atoms in total. The molecular formula is C24H26N4O4. The van der Waals surface area contributed by atoms with E-state index < -0.39 is 24.2 Å². The summed E-state index contributed by atoms with van der Waals surface area (Å²) in [4.78, 5) is 44.4. The molecule has 0 aromatic heterocycles. The number of hydrogen-bond donors (Lipinski definition) is 2. The van der Waals surface area contributed by atoms with Gasteiger partial charge < -0.3 is 20.3 Å². The van der Waals surface area contributed by atoms with Gasteiger partial charge in [0.2, 0.25) is 18.0 Å². The monoisotopic (exact) mass is 434 g/mol. The molecule has 3 atom stereocenters. The van der Waals surface area contributed by atoms with Crippen LogP contribution in [-0.4, -0.2) is 55.4 Å². The minimum Gasteiger partial charge on any atom is -0.368 e. The van der Waals surface area contributed by atoms with Crippen LogP contribution < -0.4 is 15.5 Å². The molecule has 32 heavy (non-hydrogen) atoms. The van der Waals surface area contributed by atoms with E-state index in [9.17, 15) is 14.4 Å². The Kier molecular flexibility index (Phi) is 6.32. The maximum absolute atomic E-state index is 13.2. The van der Waals surface area contributed by atoms with Crippen LogP contribution in [0.5, 0.6) is 0 Å². The zero-order chi connectivity index (χ0) is 22.7. The molecule has 2 heterocycles. The van der Waals surface area contributed by atoms with Crippen molar-refractivity contribution in [1.29, 1.82) is 0 Å². The average molecular weight is 434 g/mol. The van der Waals surface area contributed by atoms with Crippen molar-refractivity contribution >= 4 is 29.1 Å². The summed E-state index contributed by atoms with van der Waals surface area (Å²) < 4.78 is 5.37. The number of benzene rings is 2. The van der Waals surface area contributed by atoms with Crippen molar-refractivity contribution < 1.29 is 19.1 Å². The van der Waals surface area contributed by atoms with Gasteiger partial charge in [-0.15, -0.1) is 0 Å². The highest BCUT2D eigenvalue weighted by molar-refractivity contribution is 6.20. The molecule has 2 aromatic carbocycles. The third-order valence-electron chi connectivity index (χ3n) is 5.64. The van der Waals surface area contributed by atoms with Crippen molar-refractivity contribution in [3.63, 3.8) is 0 Å². The number of rotatable bonds is 5. The van der Waals surface area contributed by atoms with Crippen molar-refractivity contribution in [2.75, 3.05) is 18.6 Å². The predicted molar refractivity (Wildman–Crippen MR) is 120 cm³/mol. The highest BCUT2D eigenvalue weighted by atomic mass is 16.5. The van der Waals surface area contributed by atoms with Gasteiger partial charge in [0.15, 0.2) is 0 Å². The molecule has 1 saturated heterocycles. The second kappa shape index (κ2) is 9.32. The maximum Gasteiger partial charge on any atom is 0.272 e. The number of likely N-dealkylation sites (N-methyl/N-ethyl adjacent to an activating group) is 1. The van der Waals surface area contributed by atoms with Crippen LogP contribution in [0.2, 0.25) is 0 Å². The fourth-order valence-corrected chi connectivity index (χ4v) is 3.86. The van der Waals surface area contributed by atoms with E-state index in [1.165, 1.54) is 4.90 Å². The molecule has 4 rings (SSSR count). The SMILES string of the molecule is C[C@H](NC(=O)[C@@H]1CCCO1)C(=O)NC1N=C(c2ccccc2)c2ccccc2N(C)C1=O. The van der Waals surface area contributed by atoms with E-state index in [4.69, 9.17) is 4.74 Å². The van der Waals surface area contributed by atoms with E-state index in [1.54, 1.807) is 14.0 Å². The number of carbonyl (C=O) groups is 3. The summed E-state index contributed by atoms with van der Waals surface area (Å²) in [5.41, 5.74) is 2.95. The topological polar surface area (TPSA) is 100 Å². The Morgan fingerprint density at radius 3 is 2.56 bits per heavy atom. The van der Waals surface area contributed by atoms with Crippen molar-refractivity contribution in [2.45, 2.75) is 38.1 Å². The maximum atomic E-state index is 13.2. The molecule has 0 bridgehead atoms. The predicted octanol–water partition coefficient (Wildman–Crippen LogP) is 1.63. The summed E-state index contributed by atoms with van der Waals surface area (Å²) in [6.45, 7) is 2.11. The number of nitrogens with one attached hydrogen (secondary N) is 2. The number of nitrogens with zero attached hydrogens (tertiary/aromatic N) is 2. The largest absolute Gasteiger partial charge is 0.368 e. The average Bonchev–Trinajstić information content (AvgIpc) is 3.33. The summed E-state index contributed by atoms with van der Waals surface area (Å²) in [6, 6.07) is 16.2. The zero-order valence-corrected chi connectivity index (χ0v) is 18.1. The number of amides is 3. The van der Waals surface area contributed by atoms with E-state index in [0.717, 1.165) is 17.5 Å². The lowest BCUT2D eigenvalue weighted by atomic mass is 10.0. The number of hydrogen-bond acceptors (Lipinski definition) is 5. The van der Waals surface area contributed by atoms with Gasteiger partial charge in [-0.3, -0.25) is 14.4 Å². The number of para-hydroxylation sites is 1. The van der Waals surface area contributed by atoms with E-state index in [1.807, 2.05) is 54.6 Å². The zero-order valence-electron chi connectivity index (χ0n) is 18.1. The quantitative estimate of drug-likeness (QED) is 0.747. The molecule has 2 aliphatic rings. The minimum absolute atomic E-state index is 0.324. The van der Waals surface area contributed by atoms with Crippen molar-refractivity contribution in [3.05, 3.63) is 65.7 Å². The second-order valence-corrected chi connectivity index (χ2v) is 7.90. The molecule has 0 radical (unpaired) electrons. The Labute approximate surface area is 186 Å². The fourth-order valence-electron chi connectivity index (χ4n) is 3.86. The van der Waals surface area contributed by atoms with Crippen LogP contribution in [0.1, 0.15) is 30.9 Å². The number of fused-ring (bicyclic) bond motifs is 1. The first-order valence-electron chi connectivity index (χ1n) is 10.7. The van der Waals surface area contributed by atoms with Gasteiger partial charge in [0.25, 0.3) is 5.91 Å². The van der Waals surface area contributed by atoms with Crippen LogP contribution >= 0.6 is 0 Å². The first kappa shape index (κ1) is 21.7. The summed E-state index contributed by atoms with van der Waals surface area (Å²) >= 11 is 0. The van der Waals surface area contributed by atoms with Crippen LogP contribution in [0.25, 0.3) is 0 Å². The van der Waals surface area contributed by atoms with Gasteiger partial charge in [-0.05, 0) is 25.8 Å². The minimum atomic E-state index is -1.13. The molecule has 8 heteroatoms. The summed E-state index contributed by atoms with van der Waals surface area (Å²) in [7, 11) is 1.66. The van der Waals surface area contributed by atoms with E-state index in [2.05, 4.69) is 15.6 Å². The Balaban J connectivity index is 1.59. The normalized spacial score (nSPS) is 21.2. The first-order chi connectivity index (χ1) is 15.5. The van der Waals surface area contributed by atoms with Gasteiger partial charge >= 0.3 is 0 Å². The van der Waals surface area contributed by atoms with Crippen LogP contribution in [0.4, 0.5) is 5.69 Å². The highest BCUT2D eigenvalue weighted by Crippen LogP contribution is 2.27. The molecule has 1 fully saturated rings. The van der Waals surface area contributed by atoms with Crippen LogP contribution in [0.15, 0.2) is 59.6 Å². The van der Waals surface area contributed by atoms with Gasteiger partial charge in [0.1, 0.15) is 12.1 Å². The standard InChI is InChI=1S/C24H26N4O4/c1-15(25-23(30)19-13-8-14-32-19)22(29)27-21-24(31)28(2)18-12-7-6-11-17(18)20(26-21)16-9-4-3-5-10-16/h3-7,9-12,15,19,21H,8,13-14H2,1-2H3,(H,25,30)(H,27,29)/t15-,19-,21?/m0/s1. The van der Waals surface area contributed by atoms with E-state index >= 15 is 0 Å². The number of aliphatic imine (C=N–C) groups is 1. The van der Waals surface area contributed by atoms with Gasteiger partial charge in [0.05, 0.1) is 11.4 Å². The number of carbonyl (C=O) groups excluding carboxylic acids is 3. The number of anilines is 1. The van der Waals surface area contributed by atoms with Crippen LogP contribution in [-0.2, 0) is 19.1 Å². The molecule has 2 N–H and O–H groups in total. The Hall–Kier alpha value is -3.52. The van der Waals surface area contributed by atoms with Gasteiger partial charge in [-0.25, -0.2) is 4.99 Å². The van der Waals surface area contributed by atoms with Gasteiger partial charge in [-0.1, -0.05) is 48.5 Å². The second-order valence-electron chi connectivity index (χ2n) is 7.90. The molecular weight excluding hydrogens is 408 g/mol. The lowest BCUT2D eigenvalue weighted by Gasteiger charge is -2.22. The summed E-state index contributed by atoms with van der Waals surface area (Å²) in [5, 5.41) is 5.36. The van der Waals surface area contributed by atoms with Crippen molar-refractivity contribution in [1.82, 2.24) is 10.6 Å². The lowest BCUT2D eigenvalue weighted by Crippen LogP contribution is -2.53. The molecule has 1 unspecified atom stereocenters. The lowest BCUT2D eigenvalue weighted by molar-refractivity contribution is -0.135. The fraction of sp³-hybridized carbons (Fsp3) is 0.333. The molecule has 3 amide bonds. The molecule has 166 valence electrons. The molecule has 2 aromatic rings. The first-order valence-corrected chi connectivity index (χ1v) is 10.7. The third kappa shape index (κ3) is 4.40. The Bertz CT molecular complexity index is 1050. The highest BCUT2D eigenvalue weighted by Gasteiger charge is 2.33. The van der Waals surface area contributed by atoms with E-state index in [0.29, 0.717) is 24.4 Å². The van der Waals surface area contributed by atoms with Crippen molar-refractivity contribution in [3.8, 4) is 0 Å². The molecule has 0 spiro atoms. The molecule has 0 saturated carbocycles. The Morgan fingerprint density at radius 1 is 1.12 bits per heavy atom. The number of benzodiazepines with no additional fused rings is 1. The summed E-state index contributed by atoms with van der Waals surface area (Å²) in [6.07, 6.45) is -0.209. The van der Waals surface area contributed by atoms with Gasteiger partial charge in [-0.2, -0.15) is 0 Å². The van der Waals surface area contributed by atoms with Gasteiger partial charge in [0, 0.05) is 24.8 Å². The van der Waals surface area contributed by atoms with Crippen LogP contribution in [0.3, 0.4) is 0 Å². The van der Waals surface area contributed by atoms with Crippen LogP contribution in [0, 0.1) is 0 Å². The molecule has 2 aliphatic heterocycles. The molecule has 0 aliphatic carbocycles.